The van der Waals surface area contributed by atoms with Crippen LogP contribution < -0.4 is 0 Å². The fraction of sp³-hybridized carbons (Fsp3) is 1.00. The van der Waals surface area contributed by atoms with Crippen LogP contribution in [-0.2, 0) is 41.7 Å². The molecule has 0 bridgehead atoms. The standard InChI is InChI=1S/C12H28O4P2S3/c1-9(2)13-17(19,14-10(3)4)21-18(20,15-11(5)6)16-12(7)8/h9-12H,1-8H3. The minimum absolute atomic E-state index is 0.0383. The third-order valence-corrected chi connectivity index (χ3v) is 15.1. The van der Waals surface area contributed by atoms with Gasteiger partial charge in [0.1, 0.15) is 0 Å². The highest BCUT2D eigenvalue weighted by Gasteiger charge is 2.35. The van der Waals surface area contributed by atoms with Gasteiger partial charge in [-0.15, -0.1) is 0 Å². The van der Waals surface area contributed by atoms with Gasteiger partial charge in [0.05, 0.1) is 24.4 Å². The molecule has 0 spiro atoms. The summed E-state index contributed by atoms with van der Waals surface area (Å²) in [7, 11) is 0. The quantitative estimate of drug-likeness (QED) is 0.429. The summed E-state index contributed by atoms with van der Waals surface area (Å²) in [5, 5.41) is 0. The number of rotatable bonds is 10. The average Bonchev–Trinajstić information content (AvgIpc) is 2.07. The smallest absolute Gasteiger partial charge is 0.257 e. The second-order valence-corrected chi connectivity index (χ2v) is 17.5. The van der Waals surface area contributed by atoms with E-state index in [-0.39, 0.29) is 24.4 Å². The molecule has 0 radical (unpaired) electrons. The summed E-state index contributed by atoms with van der Waals surface area (Å²) >= 11 is 12.5. The summed E-state index contributed by atoms with van der Waals surface area (Å²) in [6.45, 7) is 15.5. The summed E-state index contributed by atoms with van der Waals surface area (Å²) < 4.78 is 23.5. The number of hydrogen-bond donors (Lipinski definition) is 0. The van der Waals surface area contributed by atoms with E-state index in [1.807, 2.05) is 55.4 Å². The molecule has 0 aromatic heterocycles. The molecule has 0 unspecified atom stereocenters. The van der Waals surface area contributed by atoms with E-state index in [2.05, 4.69) is 0 Å². The van der Waals surface area contributed by atoms with Crippen molar-refractivity contribution in [1.29, 1.82) is 0 Å². The van der Waals surface area contributed by atoms with Gasteiger partial charge >= 0.3 is 0 Å². The molecule has 0 fully saturated rings. The first-order valence-corrected chi connectivity index (χ1v) is 14.3. The molecule has 0 saturated heterocycles. The van der Waals surface area contributed by atoms with E-state index in [1.165, 1.54) is 11.0 Å². The Morgan fingerprint density at radius 3 is 0.905 bits per heavy atom. The fourth-order valence-corrected chi connectivity index (χ4v) is 18.6. The number of hydrogen-bond acceptors (Lipinski definition) is 7. The Kier molecular flexibility index (Phi) is 10.4. The van der Waals surface area contributed by atoms with Gasteiger partial charge in [0.2, 0.25) is 0 Å². The zero-order chi connectivity index (χ0) is 16.8. The van der Waals surface area contributed by atoms with Crippen LogP contribution in [0.15, 0.2) is 0 Å². The molecule has 0 saturated carbocycles. The van der Waals surface area contributed by atoms with Gasteiger partial charge in [0.25, 0.3) is 11.4 Å². The summed E-state index contributed by atoms with van der Waals surface area (Å²) in [6, 6.07) is 0. The lowest BCUT2D eigenvalue weighted by Gasteiger charge is -2.32. The maximum Gasteiger partial charge on any atom is 0.257 e. The molecule has 0 aromatic carbocycles. The molecule has 0 aliphatic carbocycles. The average molecular weight is 395 g/mol. The lowest BCUT2D eigenvalue weighted by Crippen LogP contribution is -2.09. The fourth-order valence-electron chi connectivity index (χ4n) is 1.28. The Morgan fingerprint density at radius 2 is 0.762 bits per heavy atom. The van der Waals surface area contributed by atoms with Crippen molar-refractivity contribution in [2.45, 2.75) is 79.8 Å². The van der Waals surface area contributed by atoms with E-state index in [1.54, 1.807) is 0 Å². The molecule has 0 N–H and O–H groups in total. The molecule has 4 nitrogen and oxygen atoms in total. The van der Waals surface area contributed by atoms with E-state index >= 15 is 0 Å². The van der Waals surface area contributed by atoms with Crippen molar-refractivity contribution in [3.63, 3.8) is 0 Å². The van der Waals surface area contributed by atoms with Crippen LogP contribution in [0.2, 0.25) is 0 Å². The Hall–Kier alpha value is 1.49. The Labute approximate surface area is 143 Å². The van der Waals surface area contributed by atoms with Gasteiger partial charge in [-0.3, -0.25) is 0 Å². The van der Waals surface area contributed by atoms with Crippen molar-refractivity contribution in [3.8, 4) is 0 Å². The van der Waals surface area contributed by atoms with E-state index < -0.39 is 11.4 Å². The van der Waals surface area contributed by atoms with Crippen LogP contribution in [0, 0.1) is 0 Å². The highest BCUT2D eigenvalue weighted by molar-refractivity contribution is 8.96. The normalized spacial score (nSPS) is 13.9. The van der Waals surface area contributed by atoms with Crippen LogP contribution >= 0.6 is 22.4 Å². The molecule has 0 heterocycles. The van der Waals surface area contributed by atoms with Crippen molar-refractivity contribution in [1.82, 2.24) is 0 Å². The first-order chi connectivity index (χ1) is 9.37. The molecule has 0 aliphatic heterocycles. The van der Waals surface area contributed by atoms with Crippen LogP contribution in [0.25, 0.3) is 0 Å². The van der Waals surface area contributed by atoms with Gasteiger partial charge in [-0.1, -0.05) is 0 Å². The summed E-state index contributed by atoms with van der Waals surface area (Å²) in [6.07, 6.45) is -0.153. The lowest BCUT2D eigenvalue weighted by molar-refractivity contribution is 0.183. The monoisotopic (exact) mass is 394 g/mol. The second kappa shape index (κ2) is 9.71. The second-order valence-electron chi connectivity index (χ2n) is 5.59. The molecule has 0 aliphatic rings. The molecule has 0 rings (SSSR count). The van der Waals surface area contributed by atoms with Crippen molar-refractivity contribution in [2.24, 2.45) is 0 Å². The Bertz CT molecular complexity index is 336. The SMILES string of the molecule is CC(C)OP(=S)(OC(C)C)SP(=S)(OC(C)C)OC(C)C. The summed E-state index contributed by atoms with van der Waals surface area (Å²) in [5.41, 5.74) is -5.24. The highest BCUT2D eigenvalue weighted by Crippen LogP contribution is 2.80. The zero-order valence-electron chi connectivity index (χ0n) is 14.1. The predicted octanol–water partition coefficient (Wildman–Crippen LogP) is 5.87. The van der Waals surface area contributed by atoms with Gasteiger partial charge in [-0.2, -0.15) is 0 Å². The third kappa shape index (κ3) is 10.8. The Morgan fingerprint density at radius 1 is 0.571 bits per heavy atom. The molecule has 0 atom stereocenters. The van der Waals surface area contributed by atoms with Gasteiger partial charge in [0.15, 0.2) is 0 Å². The zero-order valence-corrected chi connectivity index (χ0v) is 18.3. The first kappa shape index (κ1) is 22.5. The van der Waals surface area contributed by atoms with Crippen molar-refractivity contribution in [3.05, 3.63) is 0 Å². The highest BCUT2D eigenvalue weighted by atomic mass is 33.2. The van der Waals surface area contributed by atoms with Crippen molar-refractivity contribution < 1.29 is 18.1 Å². The summed E-state index contributed by atoms with van der Waals surface area (Å²) in [5.74, 6) is 0. The van der Waals surface area contributed by atoms with Crippen molar-refractivity contribution >= 4 is 46.0 Å². The molecule has 0 aromatic rings. The third-order valence-electron chi connectivity index (χ3n) is 1.56. The van der Waals surface area contributed by atoms with E-state index in [0.29, 0.717) is 0 Å². The molecule has 0 amide bonds. The maximum atomic E-state index is 5.88. The van der Waals surface area contributed by atoms with Crippen LogP contribution in [-0.4, -0.2) is 24.4 Å². The maximum absolute atomic E-state index is 5.88. The van der Waals surface area contributed by atoms with Crippen LogP contribution in [0.4, 0.5) is 0 Å². The Balaban J connectivity index is 5.29. The molecule has 9 heteroatoms. The van der Waals surface area contributed by atoms with Crippen molar-refractivity contribution in [2.75, 3.05) is 0 Å². The van der Waals surface area contributed by atoms with Gasteiger partial charge in [0, 0.05) is 11.0 Å². The molecule has 128 valence electrons. The predicted molar refractivity (Wildman–Crippen MR) is 101 cm³/mol. The van der Waals surface area contributed by atoms with E-state index in [0.717, 1.165) is 0 Å². The van der Waals surface area contributed by atoms with Gasteiger partial charge in [-0.05, 0) is 79.0 Å². The summed E-state index contributed by atoms with van der Waals surface area (Å²) in [4.78, 5) is 0. The van der Waals surface area contributed by atoms with Gasteiger partial charge in [-0.25, -0.2) is 0 Å². The topological polar surface area (TPSA) is 36.9 Å². The molecular weight excluding hydrogens is 366 g/mol. The van der Waals surface area contributed by atoms with Crippen LogP contribution in [0.5, 0.6) is 0 Å². The van der Waals surface area contributed by atoms with E-state index in [9.17, 15) is 0 Å². The van der Waals surface area contributed by atoms with Crippen LogP contribution in [0.3, 0.4) is 0 Å². The molecular formula is C12H28O4P2S3. The first-order valence-electron chi connectivity index (χ1n) is 7.02. The molecule has 21 heavy (non-hydrogen) atoms. The van der Waals surface area contributed by atoms with Crippen LogP contribution in [0.1, 0.15) is 55.4 Å². The minimum Gasteiger partial charge on any atom is -0.319 e. The minimum atomic E-state index is -2.62. The van der Waals surface area contributed by atoms with E-state index in [4.69, 9.17) is 41.7 Å². The lowest BCUT2D eigenvalue weighted by atomic mass is 10.5. The van der Waals surface area contributed by atoms with Gasteiger partial charge < -0.3 is 18.1 Å². The largest absolute Gasteiger partial charge is 0.319 e.